The molecular weight excluding hydrogens is 287 g/mol. The Kier molecular flexibility index (Phi) is 5.14. The molecule has 1 aromatic carbocycles. The van der Waals surface area contributed by atoms with Crippen molar-refractivity contribution < 1.29 is 19.1 Å². The summed E-state index contributed by atoms with van der Waals surface area (Å²) in [5.41, 5.74) is 1.40. The molecule has 1 aromatic heterocycles. The summed E-state index contributed by atoms with van der Waals surface area (Å²) in [6.45, 7) is 2.03. The quantitative estimate of drug-likeness (QED) is 0.735. The van der Waals surface area contributed by atoms with Crippen molar-refractivity contribution in [1.29, 1.82) is 0 Å². The molecule has 5 nitrogen and oxygen atoms in total. The molecule has 1 atom stereocenters. The van der Waals surface area contributed by atoms with Gasteiger partial charge >= 0.3 is 5.97 Å². The van der Waals surface area contributed by atoms with E-state index in [-0.39, 0.29) is 24.7 Å². The fourth-order valence-corrected chi connectivity index (χ4v) is 2.44. The zero-order valence-corrected chi connectivity index (χ0v) is 12.4. The zero-order chi connectivity index (χ0) is 16.1. The van der Waals surface area contributed by atoms with Crippen molar-refractivity contribution in [2.24, 2.45) is 5.92 Å². The standard InChI is InChI=1S/C16H19FN2O3/c1-2-3-10(16(21)22)8-19-15(20)6-11-9-18-14-7-12(17)4-5-13(11)14/h4-5,7,9-10,18H,2-3,6,8H2,1H3,(H,19,20)(H,21,22). The number of amides is 1. The van der Waals surface area contributed by atoms with Crippen LogP contribution < -0.4 is 5.32 Å². The minimum absolute atomic E-state index is 0.124. The highest BCUT2D eigenvalue weighted by atomic mass is 19.1. The fourth-order valence-electron chi connectivity index (χ4n) is 2.44. The Hall–Kier alpha value is -2.37. The number of carboxylic acid groups (broad SMARTS) is 1. The van der Waals surface area contributed by atoms with Crippen LogP contribution in [0.4, 0.5) is 4.39 Å². The van der Waals surface area contributed by atoms with Crippen molar-refractivity contribution in [2.45, 2.75) is 26.2 Å². The summed E-state index contributed by atoms with van der Waals surface area (Å²) in [5.74, 6) is -2.04. The summed E-state index contributed by atoms with van der Waals surface area (Å²) < 4.78 is 13.1. The molecule has 118 valence electrons. The first kappa shape index (κ1) is 16.0. The average molecular weight is 306 g/mol. The maximum absolute atomic E-state index is 13.1. The van der Waals surface area contributed by atoms with Gasteiger partial charge in [0, 0.05) is 23.6 Å². The number of aromatic nitrogens is 1. The molecule has 0 aliphatic carbocycles. The van der Waals surface area contributed by atoms with E-state index < -0.39 is 11.9 Å². The number of nitrogens with one attached hydrogen (secondary N) is 2. The van der Waals surface area contributed by atoms with E-state index >= 15 is 0 Å². The minimum atomic E-state index is -0.898. The molecule has 0 saturated carbocycles. The molecule has 1 heterocycles. The Morgan fingerprint density at radius 2 is 2.18 bits per heavy atom. The Morgan fingerprint density at radius 3 is 2.86 bits per heavy atom. The molecular formula is C16H19FN2O3. The minimum Gasteiger partial charge on any atom is -0.481 e. The molecule has 6 heteroatoms. The van der Waals surface area contributed by atoms with E-state index in [0.29, 0.717) is 11.9 Å². The smallest absolute Gasteiger partial charge is 0.308 e. The van der Waals surface area contributed by atoms with Gasteiger partial charge in [-0.3, -0.25) is 9.59 Å². The molecule has 0 fully saturated rings. The lowest BCUT2D eigenvalue weighted by Gasteiger charge is -2.12. The van der Waals surface area contributed by atoms with Crippen LogP contribution in [0, 0.1) is 11.7 Å². The van der Waals surface area contributed by atoms with E-state index in [1.165, 1.54) is 12.1 Å². The Labute approximate surface area is 127 Å². The molecule has 0 spiro atoms. The summed E-state index contributed by atoms with van der Waals surface area (Å²) >= 11 is 0. The average Bonchev–Trinajstić information content (AvgIpc) is 2.85. The number of halogens is 1. The SMILES string of the molecule is CCCC(CNC(=O)Cc1c[nH]c2cc(F)ccc12)C(=O)O. The number of carbonyl (C=O) groups is 2. The predicted molar refractivity (Wildman–Crippen MR) is 81.0 cm³/mol. The second kappa shape index (κ2) is 7.06. The first-order valence-electron chi connectivity index (χ1n) is 7.26. The third-order valence-corrected chi connectivity index (χ3v) is 3.61. The second-order valence-electron chi connectivity index (χ2n) is 5.31. The van der Waals surface area contributed by atoms with Gasteiger partial charge in [0.25, 0.3) is 0 Å². The Morgan fingerprint density at radius 1 is 1.41 bits per heavy atom. The lowest BCUT2D eigenvalue weighted by molar-refractivity contribution is -0.141. The molecule has 2 aromatic rings. The van der Waals surface area contributed by atoms with Gasteiger partial charge in [-0.2, -0.15) is 0 Å². The molecule has 0 radical (unpaired) electrons. The summed E-state index contributed by atoms with van der Waals surface area (Å²) in [7, 11) is 0. The lowest BCUT2D eigenvalue weighted by atomic mass is 10.0. The zero-order valence-electron chi connectivity index (χ0n) is 12.4. The maximum atomic E-state index is 13.1. The van der Waals surface area contributed by atoms with E-state index in [4.69, 9.17) is 5.11 Å². The van der Waals surface area contributed by atoms with Crippen LogP contribution in [0.1, 0.15) is 25.3 Å². The number of H-pyrrole nitrogens is 1. The van der Waals surface area contributed by atoms with Gasteiger partial charge in [-0.25, -0.2) is 4.39 Å². The summed E-state index contributed by atoms with van der Waals surface area (Å²) in [4.78, 5) is 25.9. The number of aromatic amines is 1. The second-order valence-corrected chi connectivity index (χ2v) is 5.31. The van der Waals surface area contributed by atoms with Crippen molar-refractivity contribution in [3.63, 3.8) is 0 Å². The van der Waals surface area contributed by atoms with Gasteiger partial charge in [0.15, 0.2) is 0 Å². The van der Waals surface area contributed by atoms with Crippen LogP contribution in [0.25, 0.3) is 10.9 Å². The number of hydrogen-bond acceptors (Lipinski definition) is 2. The summed E-state index contributed by atoms with van der Waals surface area (Å²) in [6, 6.07) is 4.35. The van der Waals surface area contributed by atoms with Crippen molar-refractivity contribution in [2.75, 3.05) is 6.54 Å². The number of rotatable bonds is 7. The van der Waals surface area contributed by atoms with E-state index in [2.05, 4.69) is 10.3 Å². The topological polar surface area (TPSA) is 82.2 Å². The Balaban J connectivity index is 1.97. The summed E-state index contributed by atoms with van der Waals surface area (Å²) in [5, 5.41) is 12.5. The number of carbonyl (C=O) groups excluding carboxylic acids is 1. The molecule has 0 saturated heterocycles. The normalized spacial score (nSPS) is 12.3. The number of benzene rings is 1. The van der Waals surface area contributed by atoms with E-state index in [1.54, 1.807) is 12.3 Å². The first-order chi connectivity index (χ1) is 10.5. The van der Waals surface area contributed by atoms with E-state index in [1.807, 2.05) is 6.92 Å². The Bertz CT molecular complexity index is 681. The van der Waals surface area contributed by atoms with E-state index in [0.717, 1.165) is 17.4 Å². The third-order valence-electron chi connectivity index (χ3n) is 3.61. The highest BCUT2D eigenvalue weighted by Gasteiger charge is 2.17. The van der Waals surface area contributed by atoms with Gasteiger partial charge in [-0.1, -0.05) is 13.3 Å². The number of hydrogen-bond donors (Lipinski definition) is 3. The number of fused-ring (bicyclic) bond motifs is 1. The van der Waals surface area contributed by atoms with Crippen LogP contribution in [-0.2, 0) is 16.0 Å². The highest BCUT2D eigenvalue weighted by Crippen LogP contribution is 2.19. The predicted octanol–water partition coefficient (Wildman–Crippen LogP) is 2.47. The molecule has 22 heavy (non-hydrogen) atoms. The van der Waals surface area contributed by atoms with Crippen LogP contribution in [0.3, 0.4) is 0 Å². The fraction of sp³-hybridized carbons (Fsp3) is 0.375. The summed E-state index contributed by atoms with van der Waals surface area (Å²) in [6.07, 6.45) is 3.08. The molecule has 0 aliphatic rings. The largest absolute Gasteiger partial charge is 0.481 e. The molecule has 1 amide bonds. The van der Waals surface area contributed by atoms with Crippen molar-refractivity contribution in [1.82, 2.24) is 10.3 Å². The van der Waals surface area contributed by atoms with Gasteiger partial charge in [-0.05, 0) is 30.2 Å². The van der Waals surface area contributed by atoms with Crippen molar-refractivity contribution in [3.05, 3.63) is 35.8 Å². The van der Waals surface area contributed by atoms with Gasteiger partial charge in [0.05, 0.1) is 12.3 Å². The van der Waals surface area contributed by atoms with Gasteiger partial charge in [0.2, 0.25) is 5.91 Å². The van der Waals surface area contributed by atoms with Gasteiger partial charge in [-0.15, -0.1) is 0 Å². The van der Waals surface area contributed by atoms with Gasteiger partial charge < -0.3 is 15.4 Å². The van der Waals surface area contributed by atoms with Crippen molar-refractivity contribution >= 4 is 22.8 Å². The highest BCUT2D eigenvalue weighted by molar-refractivity contribution is 5.89. The maximum Gasteiger partial charge on any atom is 0.308 e. The van der Waals surface area contributed by atoms with Crippen LogP contribution in [0.15, 0.2) is 24.4 Å². The van der Waals surface area contributed by atoms with Crippen molar-refractivity contribution in [3.8, 4) is 0 Å². The lowest BCUT2D eigenvalue weighted by Crippen LogP contribution is -2.33. The molecule has 1 unspecified atom stereocenters. The van der Waals surface area contributed by atoms with Crippen LogP contribution in [0.5, 0.6) is 0 Å². The van der Waals surface area contributed by atoms with Gasteiger partial charge in [0.1, 0.15) is 5.82 Å². The monoisotopic (exact) mass is 306 g/mol. The molecule has 2 rings (SSSR count). The molecule has 0 aliphatic heterocycles. The molecule has 3 N–H and O–H groups in total. The number of aliphatic carboxylic acids is 1. The van der Waals surface area contributed by atoms with Crippen LogP contribution in [0.2, 0.25) is 0 Å². The number of carboxylic acids is 1. The van der Waals surface area contributed by atoms with E-state index in [9.17, 15) is 14.0 Å². The first-order valence-corrected chi connectivity index (χ1v) is 7.26. The molecule has 0 bridgehead atoms. The third kappa shape index (κ3) is 3.84. The van der Waals surface area contributed by atoms with Crippen LogP contribution in [-0.4, -0.2) is 28.5 Å². The van der Waals surface area contributed by atoms with Crippen LogP contribution >= 0.6 is 0 Å².